The van der Waals surface area contributed by atoms with Crippen molar-refractivity contribution in [3.05, 3.63) is 95.1 Å². The Bertz CT molecular complexity index is 1490. The summed E-state index contributed by atoms with van der Waals surface area (Å²) in [6.07, 6.45) is 2.69. The molecule has 0 atom stereocenters. The highest BCUT2D eigenvalue weighted by Gasteiger charge is 2.14. The molecule has 166 valence electrons. The van der Waals surface area contributed by atoms with Crippen LogP contribution in [0.15, 0.2) is 66.9 Å². The van der Waals surface area contributed by atoms with E-state index in [1.54, 1.807) is 6.07 Å². The first kappa shape index (κ1) is 21.0. The molecule has 5 heteroatoms. The van der Waals surface area contributed by atoms with Crippen LogP contribution in [0.3, 0.4) is 0 Å². The van der Waals surface area contributed by atoms with Gasteiger partial charge in [-0.15, -0.1) is 0 Å². The number of H-pyrrole nitrogens is 1. The van der Waals surface area contributed by atoms with E-state index >= 15 is 0 Å². The molecule has 0 fully saturated rings. The van der Waals surface area contributed by atoms with Crippen LogP contribution in [0.2, 0.25) is 0 Å². The topological polar surface area (TPSA) is 49.8 Å². The van der Waals surface area contributed by atoms with Crippen LogP contribution in [-0.4, -0.2) is 22.0 Å². The minimum atomic E-state index is -0.250. The van der Waals surface area contributed by atoms with Gasteiger partial charge in [-0.2, -0.15) is 0 Å². The summed E-state index contributed by atoms with van der Waals surface area (Å²) in [6.45, 7) is 4.41. The summed E-state index contributed by atoms with van der Waals surface area (Å²) in [7, 11) is 2.04. The van der Waals surface area contributed by atoms with Crippen LogP contribution in [0.5, 0.6) is 0 Å². The van der Waals surface area contributed by atoms with E-state index in [1.165, 1.54) is 17.0 Å². The van der Waals surface area contributed by atoms with Crippen LogP contribution in [-0.2, 0) is 13.5 Å². The van der Waals surface area contributed by atoms with E-state index < -0.39 is 0 Å². The molecule has 0 saturated heterocycles. The molecule has 0 saturated carbocycles. The monoisotopic (exact) mass is 439 g/mol. The van der Waals surface area contributed by atoms with Gasteiger partial charge in [0.1, 0.15) is 5.82 Å². The Hall–Kier alpha value is -3.86. The van der Waals surface area contributed by atoms with Crippen LogP contribution < -0.4 is 5.32 Å². The molecule has 0 aliphatic carbocycles. The third kappa shape index (κ3) is 3.80. The molecule has 33 heavy (non-hydrogen) atoms. The van der Waals surface area contributed by atoms with Crippen molar-refractivity contribution >= 4 is 27.7 Å². The number of aromatic amines is 1. The predicted molar refractivity (Wildman–Crippen MR) is 132 cm³/mol. The number of hydrogen-bond acceptors (Lipinski definition) is 1. The molecule has 0 bridgehead atoms. The molecule has 3 aromatic carbocycles. The van der Waals surface area contributed by atoms with E-state index in [0.717, 1.165) is 33.3 Å². The normalized spacial score (nSPS) is 11.4. The molecule has 4 nitrogen and oxygen atoms in total. The van der Waals surface area contributed by atoms with E-state index in [4.69, 9.17) is 0 Å². The van der Waals surface area contributed by atoms with E-state index in [9.17, 15) is 9.18 Å². The number of halogens is 1. The first-order valence-electron chi connectivity index (χ1n) is 11.1. The second kappa shape index (κ2) is 8.24. The average Bonchev–Trinajstić information content (AvgIpc) is 3.36. The Morgan fingerprint density at radius 1 is 1.00 bits per heavy atom. The van der Waals surface area contributed by atoms with Gasteiger partial charge in [-0.1, -0.05) is 24.3 Å². The van der Waals surface area contributed by atoms with E-state index in [0.29, 0.717) is 24.0 Å². The van der Waals surface area contributed by atoms with Crippen molar-refractivity contribution in [3.63, 3.8) is 0 Å². The van der Waals surface area contributed by atoms with Gasteiger partial charge in [-0.3, -0.25) is 4.79 Å². The van der Waals surface area contributed by atoms with E-state index in [2.05, 4.69) is 45.3 Å². The van der Waals surface area contributed by atoms with Crippen molar-refractivity contribution in [2.24, 2.45) is 7.05 Å². The Kier molecular flexibility index (Phi) is 5.25. The standard InChI is InChI=1S/C28H26FN3O/c1-17-4-10-24(29)27-26(17)23(18(2)31-27)12-14-30-28(33)20-7-5-19(6-8-20)21-9-11-25-22(16-21)13-15-32(25)3/h4-11,13,15-16,31H,12,14H2,1-3H3,(H,30,33). The Labute approximate surface area is 192 Å². The molecule has 0 spiro atoms. The molecule has 0 unspecified atom stereocenters. The van der Waals surface area contributed by atoms with Gasteiger partial charge in [0, 0.05) is 47.3 Å². The highest BCUT2D eigenvalue weighted by Crippen LogP contribution is 2.28. The van der Waals surface area contributed by atoms with Crippen molar-refractivity contribution < 1.29 is 9.18 Å². The summed E-state index contributed by atoms with van der Waals surface area (Å²) in [5.41, 5.74) is 7.57. The third-order valence-corrected chi connectivity index (χ3v) is 6.46. The summed E-state index contributed by atoms with van der Waals surface area (Å²) in [6, 6.07) is 19.4. The van der Waals surface area contributed by atoms with Gasteiger partial charge in [0.25, 0.3) is 5.91 Å². The summed E-state index contributed by atoms with van der Waals surface area (Å²) < 4.78 is 16.3. The number of nitrogens with zero attached hydrogens (tertiary/aromatic N) is 1. The molecule has 0 aliphatic rings. The van der Waals surface area contributed by atoms with Gasteiger partial charge in [-0.25, -0.2) is 4.39 Å². The minimum absolute atomic E-state index is 0.111. The average molecular weight is 440 g/mol. The zero-order chi connectivity index (χ0) is 23.1. The number of benzene rings is 3. The lowest BCUT2D eigenvalue weighted by molar-refractivity contribution is 0.0954. The smallest absolute Gasteiger partial charge is 0.251 e. The number of fused-ring (bicyclic) bond motifs is 2. The Morgan fingerprint density at radius 2 is 1.76 bits per heavy atom. The van der Waals surface area contributed by atoms with Crippen molar-refractivity contribution in [1.82, 2.24) is 14.9 Å². The maximum absolute atomic E-state index is 14.2. The molecule has 2 heterocycles. The molecule has 0 radical (unpaired) electrons. The van der Waals surface area contributed by atoms with Crippen LogP contribution in [0.25, 0.3) is 32.9 Å². The second-order valence-corrected chi connectivity index (χ2v) is 8.63. The number of aromatic nitrogens is 2. The number of carbonyl (C=O) groups excluding carboxylic acids is 1. The summed E-state index contributed by atoms with van der Waals surface area (Å²) >= 11 is 0. The van der Waals surface area contributed by atoms with E-state index in [-0.39, 0.29) is 11.7 Å². The van der Waals surface area contributed by atoms with Gasteiger partial charge in [0.05, 0.1) is 5.52 Å². The van der Waals surface area contributed by atoms with Crippen molar-refractivity contribution in [1.29, 1.82) is 0 Å². The third-order valence-electron chi connectivity index (χ3n) is 6.46. The minimum Gasteiger partial charge on any atom is -0.356 e. The molecule has 5 rings (SSSR count). The number of nitrogens with one attached hydrogen (secondary N) is 2. The SMILES string of the molecule is Cc1[nH]c2c(F)ccc(C)c2c1CCNC(=O)c1ccc(-c2ccc3c(ccn3C)c2)cc1. The lowest BCUT2D eigenvalue weighted by Crippen LogP contribution is -2.25. The fraction of sp³-hybridized carbons (Fsp3) is 0.179. The predicted octanol–water partition coefficient (Wildman–Crippen LogP) is 6.06. The highest BCUT2D eigenvalue weighted by molar-refractivity contribution is 5.95. The van der Waals surface area contributed by atoms with Crippen molar-refractivity contribution in [2.45, 2.75) is 20.3 Å². The van der Waals surface area contributed by atoms with Crippen LogP contribution >= 0.6 is 0 Å². The van der Waals surface area contributed by atoms with Gasteiger partial charge >= 0.3 is 0 Å². The number of aryl methyl sites for hydroxylation is 3. The fourth-order valence-electron chi connectivity index (χ4n) is 4.63. The highest BCUT2D eigenvalue weighted by atomic mass is 19.1. The van der Waals surface area contributed by atoms with Crippen LogP contribution in [0.4, 0.5) is 4.39 Å². The fourth-order valence-corrected chi connectivity index (χ4v) is 4.63. The Balaban J connectivity index is 1.27. The summed E-state index contributed by atoms with van der Waals surface area (Å²) in [5, 5.41) is 5.11. The number of amides is 1. The molecular weight excluding hydrogens is 413 g/mol. The molecule has 0 aliphatic heterocycles. The van der Waals surface area contributed by atoms with Crippen molar-refractivity contribution in [3.8, 4) is 11.1 Å². The van der Waals surface area contributed by atoms with Crippen molar-refractivity contribution in [2.75, 3.05) is 6.54 Å². The molecular formula is C28H26FN3O. The molecule has 5 aromatic rings. The quantitative estimate of drug-likeness (QED) is 0.344. The number of rotatable bonds is 5. The lowest BCUT2D eigenvalue weighted by Gasteiger charge is -2.08. The zero-order valence-electron chi connectivity index (χ0n) is 19.0. The first-order chi connectivity index (χ1) is 15.9. The molecule has 2 aromatic heterocycles. The summed E-state index contributed by atoms with van der Waals surface area (Å²) in [5.74, 6) is -0.360. The maximum Gasteiger partial charge on any atom is 0.251 e. The lowest BCUT2D eigenvalue weighted by atomic mass is 10.0. The largest absolute Gasteiger partial charge is 0.356 e. The molecule has 2 N–H and O–H groups in total. The second-order valence-electron chi connectivity index (χ2n) is 8.63. The van der Waals surface area contributed by atoms with Crippen LogP contribution in [0.1, 0.15) is 27.2 Å². The molecule has 1 amide bonds. The summed E-state index contributed by atoms with van der Waals surface area (Å²) in [4.78, 5) is 15.8. The zero-order valence-corrected chi connectivity index (χ0v) is 19.0. The number of hydrogen-bond donors (Lipinski definition) is 2. The Morgan fingerprint density at radius 3 is 2.55 bits per heavy atom. The van der Waals surface area contributed by atoms with Gasteiger partial charge in [0.2, 0.25) is 0 Å². The first-order valence-corrected chi connectivity index (χ1v) is 11.1. The number of carbonyl (C=O) groups is 1. The van der Waals surface area contributed by atoms with E-state index in [1.807, 2.05) is 45.2 Å². The van der Waals surface area contributed by atoms with Crippen LogP contribution in [0, 0.1) is 19.7 Å². The van der Waals surface area contributed by atoms with Gasteiger partial charge in [0.15, 0.2) is 0 Å². The maximum atomic E-state index is 14.2. The van der Waals surface area contributed by atoms with Gasteiger partial charge in [-0.05, 0) is 78.9 Å². The van der Waals surface area contributed by atoms with Gasteiger partial charge < -0.3 is 14.9 Å².